The molecule has 82 valence electrons. The number of nitrogens with two attached hydrogens (primary N) is 1. The third-order valence-corrected chi connectivity index (χ3v) is 2.13. The largest absolute Gasteiger partial charge is 0.420 e. The van der Waals surface area contributed by atoms with Gasteiger partial charge in [-0.25, -0.2) is 0 Å². The Bertz CT molecular complexity index is 246. The maximum absolute atomic E-state index is 12.1. The molecule has 1 heterocycles. The van der Waals surface area contributed by atoms with Gasteiger partial charge in [-0.15, -0.1) is 0 Å². The van der Waals surface area contributed by atoms with Crippen molar-refractivity contribution in [1.29, 1.82) is 0 Å². The van der Waals surface area contributed by atoms with Crippen LogP contribution in [0.3, 0.4) is 0 Å². The summed E-state index contributed by atoms with van der Waals surface area (Å²) in [5, 5.41) is 8.99. The summed E-state index contributed by atoms with van der Waals surface area (Å²) in [6.45, 7) is -0.0684. The third kappa shape index (κ3) is 1.69. The van der Waals surface area contributed by atoms with Crippen LogP contribution in [0.25, 0.3) is 0 Å². The summed E-state index contributed by atoms with van der Waals surface area (Å²) in [5.41, 5.74) is 2.44. The summed E-state index contributed by atoms with van der Waals surface area (Å²) in [6, 6.07) is -0.840. The molecule has 1 aliphatic rings. The summed E-state index contributed by atoms with van der Waals surface area (Å²) in [5.74, 6) is -0.584. The molecule has 0 bridgehead atoms. The van der Waals surface area contributed by atoms with Crippen LogP contribution in [0, 0.1) is 0 Å². The Morgan fingerprint density at radius 2 is 2.00 bits per heavy atom. The molecule has 1 amide bonds. The van der Waals surface area contributed by atoms with Crippen molar-refractivity contribution in [1.82, 2.24) is 4.90 Å². The van der Waals surface area contributed by atoms with Crippen molar-refractivity contribution >= 4 is 5.91 Å². The first-order valence-electron chi connectivity index (χ1n) is 4.01. The van der Waals surface area contributed by atoms with Crippen LogP contribution >= 0.6 is 0 Å². The molecule has 0 spiro atoms. The van der Waals surface area contributed by atoms with Gasteiger partial charge >= 0.3 is 6.18 Å². The Kier molecular flexibility index (Phi) is 2.49. The molecule has 1 fully saturated rings. The highest BCUT2D eigenvalue weighted by molar-refractivity contribution is 5.82. The van der Waals surface area contributed by atoms with E-state index in [1.807, 2.05) is 0 Å². The van der Waals surface area contributed by atoms with E-state index in [-0.39, 0.29) is 0 Å². The lowest BCUT2D eigenvalue weighted by molar-refractivity contribution is -0.297. The predicted octanol–water partition coefficient (Wildman–Crippen LogP) is -0.531. The van der Waals surface area contributed by atoms with Crippen LogP contribution in [0.1, 0.15) is 6.92 Å². The normalized spacial score (nSPS) is 22.9. The molecule has 0 unspecified atom stereocenters. The molecule has 0 aliphatic carbocycles. The minimum Gasteiger partial charge on any atom is -0.378 e. The highest BCUT2D eigenvalue weighted by Crippen LogP contribution is 2.37. The van der Waals surface area contributed by atoms with E-state index in [0.717, 1.165) is 4.90 Å². The molecule has 0 aromatic carbocycles. The van der Waals surface area contributed by atoms with Crippen LogP contribution in [-0.4, -0.2) is 46.8 Å². The molecule has 0 saturated carbocycles. The van der Waals surface area contributed by atoms with E-state index in [9.17, 15) is 18.0 Å². The van der Waals surface area contributed by atoms with Gasteiger partial charge in [0.25, 0.3) is 0 Å². The van der Waals surface area contributed by atoms with Crippen molar-refractivity contribution < 1.29 is 23.1 Å². The van der Waals surface area contributed by atoms with Crippen molar-refractivity contribution in [2.45, 2.75) is 24.7 Å². The summed E-state index contributed by atoms with van der Waals surface area (Å²) < 4.78 is 36.3. The van der Waals surface area contributed by atoms with Gasteiger partial charge in [-0.3, -0.25) is 4.79 Å². The second-order valence-electron chi connectivity index (χ2n) is 3.51. The van der Waals surface area contributed by atoms with Crippen molar-refractivity contribution in [3.63, 3.8) is 0 Å². The third-order valence-electron chi connectivity index (χ3n) is 2.13. The van der Waals surface area contributed by atoms with Gasteiger partial charge in [0.15, 0.2) is 5.60 Å². The molecule has 1 rings (SSSR count). The SMILES string of the molecule is C[C@H](N)C(=O)N1CC(O)(C(F)(F)F)C1. The average Bonchev–Trinajstić information content (AvgIpc) is 1.94. The molecule has 0 radical (unpaired) electrons. The van der Waals surface area contributed by atoms with E-state index in [2.05, 4.69) is 0 Å². The molecule has 0 aromatic heterocycles. The number of halogens is 3. The number of hydrogen-bond acceptors (Lipinski definition) is 3. The predicted molar refractivity (Wildman–Crippen MR) is 41.2 cm³/mol. The van der Waals surface area contributed by atoms with E-state index < -0.39 is 36.8 Å². The number of alkyl halides is 3. The van der Waals surface area contributed by atoms with Gasteiger partial charge in [-0.05, 0) is 6.92 Å². The van der Waals surface area contributed by atoms with Crippen LogP contribution in [0.4, 0.5) is 13.2 Å². The first kappa shape index (κ1) is 11.3. The van der Waals surface area contributed by atoms with Gasteiger partial charge in [0.2, 0.25) is 5.91 Å². The molecule has 3 N–H and O–H groups in total. The van der Waals surface area contributed by atoms with Crippen LogP contribution in [0.5, 0.6) is 0 Å². The fraction of sp³-hybridized carbons (Fsp3) is 0.857. The lowest BCUT2D eigenvalue weighted by atomic mass is 9.93. The second kappa shape index (κ2) is 3.09. The maximum atomic E-state index is 12.1. The van der Waals surface area contributed by atoms with Crippen molar-refractivity contribution in [2.24, 2.45) is 5.73 Å². The zero-order valence-electron chi connectivity index (χ0n) is 7.51. The number of carbonyl (C=O) groups excluding carboxylic acids is 1. The number of rotatable bonds is 1. The Balaban J connectivity index is 2.55. The summed E-state index contributed by atoms with van der Waals surface area (Å²) >= 11 is 0. The van der Waals surface area contributed by atoms with Crippen molar-refractivity contribution in [2.75, 3.05) is 13.1 Å². The molecule has 4 nitrogen and oxygen atoms in total. The lowest BCUT2D eigenvalue weighted by Crippen LogP contribution is -2.71. The van der Waals surface area contributed by atoms with Crippen molar-refractivity contribution in [3.05, 3.63) is 0 Å². The van der Waals surface area contributed by atoms with Crippen LogP contribution in [0.2, 0.25) is 0 Å². The minimum absolute atomic E-state index is 0.584. The number of hydrogen-bond donors (Lipinski definition) is 2. The molecule has 0 aromatic rings. The topological polar surface area (TPSA) is 66.6 Å². The Morgan fingerprint density at radius 3 is 2.29 bits per heavy atom. The smallest absolute Gasteiger partial charge is 0.378 e. The molecular weight excluding hydrogens is 201 g/mol. The zero-order valence-corrected chi connectivity index (χ0v) is 7.51. The lowest BCUT2D eigenvalue weighted by Gasteiger charge is -2.47. The van der Waals surface area contributed by atoms with Gasteiger partial charge in [-0.1, -0.05) is 0 Å². The van der Waals surface area contributed by atoms with E-state index >= 15 is 0 Å². The summed E-state index contributed by atoms with van der Waals surface area (Å²) in [6.07, 6.45) is -4.69. The first-order valence-corrected chi connectivity index (χ1v) is 4.01. The summed E-state index contributed by atoms with van der Waals surface area (Å²) in [4.78, 5) is 11.9. The molecule has 1 atom stereocenters. The van der Waals surface area contributed by atoms with Gasteiger partial charge in [0.05, 0.1) is 19.1 Å². The van der Waals surface area contributed by atoms with Crippen LogP contribution in [-0.2, 0) is 4.79 Å². The molecule has 1 aliphatic heterocycles. The van der Waals surface area contributed by atoms with Gasteiger partial charge < -0.3 is 15.7 Å². The van der Waals surface area contributed by atoms with Crippen molar-refractivity contribution in [3.8, 4) is 0 Å². The highest BCUT2D eigenvalue weighted by atomic mass is 19.4. The van der Waals surface area contributed by atoms with E-state index in [0.29, 0.717) is 0 Å². The standard InChI is InChI=1S/C7H11F3N2O2/c1-4(11)5(13)12-2-6(14,3-12)7(8,9)10/h4,14H,2-3,11H2,1H3/t4-/m0/s1. The number of nitrogens with zero attached hydrogens (tertiary/aromatic N) is 1. The number of aliphatic hydroxyl groups is 1. The van der Waals surface area contributed by atoms with Gasteiger partial charge in [-0.2, -0.15) is 13.2 Å². The maximum Gasteiger partial charge on any atom is 0.420 e. The molecule has 1 saturated heterocycles. The fourth-order valence-corrected chi connectivity index (χ4v) is 1.21. The zero-order chi connectivity index (χ0) is 11.1. The molecular formula is C7H11F3N2O2. The van der Waals surface area contributed by atoms with Crippen LogP contribution in [0.15, 0.2) is 0 Å². The first-order chi connectivity index (χ1) is 6.17. The Labute approximate surface area is 78.5 Å². The molecule has 7 heteroatoms. The highest BCUT2D eigenvalue weighted by Gasteiger charge is 2.62. The number of amides is 1. The fourth-order valence-electron chi connectivity index (χ4n) is 1.21. The van der Waals surface area contributed by atoms with Gasteiger partial charge in [0, 0.05) is 0 Å². The monoisotopic (exact) mass is 212 g/mol. The number of likely N-dealkylation sites (tertiary alicyclic amines) is 1. The molecule has 14 heavy (non-hydrogen) atoms. The van der Waals surface area contributed by atoms with E-state index in [4.69, 9.17) is 10.8 Å². The van der Waals surface area contributed by atoms with Crippen LogP contribution < -0.4 is 5.73 Å². The van der Waals surface area contributed by atoms with Gasteiger partial charge in [0.1, 0.15) is 0 Å². The summed E-state index contributed by atoms with van der Waals surface area (Å²) in [7, 11) is 0. The minimum atomic E-state index is -4.69. The second-order valence-corrected chi connectivity index (χ2v) is 3.51. The number of carbonyl (C=O) groups is 1. The average molecular weight is 212 g/mol. The number of β-amino-alcohol motifs (C(OH)–C–C–N with tert-alkyl or cyclic N) is 1. The Morgan fingerprint density at radius 1 is 1.57 bits per heavy atom. The van der Waals surface area contributed by atoms with E-state index in [1.54, 1.807) is 0 Å². The Hall–Kier alpha value is -0.820. The quantitative estimate of drug-likeness (QED) is 0.614. The van der Waals surface area contributed by atoms with E-state index in [1.165, 1.54) is 6.92 Å².